The molecule has 1 aromatic carbocycles. The van der Waals surface area contributed by atoms with Crippen molar-refractivity contribution < 1.29 is 14.6 Å². The van der Waals surface area contributed by atoms with Gasteiger partial charge in [0.2, 0.25) is 6.79 Å². The summed E-state index contributed by atoms with van der Waals surface area (Å²) in [6, 6.07) is 5.55. The lowest BCUT2D eigenvalue weighted by Gasteiger charge is -2.14. The van der Waals surface area contributed by atoms with Crippen molar-refractivity contribution in [1.82, 2.24) is 4.98 Å². The van der Waals surface area contributed by atoms with Crippen LogP contribution >= 0.6 is 11.3 Å². The van der Waals surface area contributed by atoms with Gasteiger partial charge in [-0.25, -0.2) is 4.98 Å². The molecule has 112 valence electrons. The van der Waals surface area contributed by atoms with Gasteiger partial charge in [-0.05, 0) is 17.7 Å². The minimum atomic E-state index is -0.585. The molecular formula is C16H19NO3S. The van der Waals surface area contributed by atoms with E-state index in [4.69, 9.17) is 9.47 Å². The number of fused-ring (bicyclic) bond motifs is 1. The largest absolute Gasteiger partial charge is 0.454 e. The number of benzene rings is 1. The van der Waals surface area contributed by atoms with Crippen LogP contribution < -0.4 is 9.47 Å². The molecule has 0 amide bonds. The average molecular weight is 305 g/mol. The third-order valence-electron chi connectivity index (χ3n) is 3.47. The summed E-state index contributed by atoms with van der Waals surface area (Å²) in [4.78, 5) is 4.62. The first kappa shape index (κ1) is 14.4. The minimum Gasteiger partial charge on any atom is -0.454 e. The summed E-state index contributed by atoms with van der Waals surface area (Å²) in [6.07, 6.45) is -0.0705. The molecule has 2 aromatic rings. The van der Waals surface area contributed by atoms with E-state index in [1.165, 1.54) is 0 Å². The van der Waals surface area contributed by atoms with Gasteiger partial charge in [0, 0.05) is 17.2 Å². The Morgan fingerprint density at radius 3 is 2.76 bits per heavy atom. The van der Waals surface area contributed by atoms with Crippen molar-refractivity contribution in [2.45, 2.75) is 38.7 Å². The lowest BCUT2D eigenvalue weighted by Crippen LogP contribution is -2.12. The molecule has 5 heteroatoms. The Morgan fingerprint density at radius 2 is 2.05 bits per heavy atom. The fourth-order valence-corrected chi connectivity index (χ4v) is 3.21. The number of aliphatic hydroxyl groups excluding tert-OH is 1. The van der Waals surface area contributed by atoms with Crippen molar-refractivity contribution in [2.75, 3.05) is 6.79 Å². The van der Waals surface area contributed by atoms with Gasteiger partial charge in [0.1, 0.15) is 0 Å². The van der Waals surface area contributed by atoms with Crippen molar-refractivity contribution in [3.05, 3.63) is 39.8 Å². The van der Waals surface area contributed by atoms with Gasteiger partial charge in [-0.2, -0.15) is 0 Å². The molecule has 1 aromatic heterocycles. The first-order valence-electron chi connectivity index (χ1n) is 6.96. The Bertz CT molecular complexity index is 645. The van der Waals surface area contributed by atoms with Gasteiger partial charge < -0.3 is 14.6 Å². The molecule has 0 saturated heterocycles. The van der Waals surface area contributed by atoms with Crippen LogP contribution in [0, 0.1) is 0 Å². The third kappa shape index (κ3) is 3.04. The summed E-state index contributed by atoms with van der Waals surface area (Å²) in [6.45, 7) is 6.66. The van der Waals surface area contributed by atoms with E-state index in [1.807, 2.05) is 18.2 Å². The van der Waals surface area contributed by atoms with E-state index < -0.39 is 6.10 Å². The number of nitrogens with zero attached hydrogens (tertiary/aromatic N) is 1. The molecule has 1 unspecified atom stereocenters. The third-order valence-corrected chi connectivity index (χ3v) is 4.34. The summed E-state index contributed by atoms with van der Waals surface area (Å²) in [7, 11) is 0. The summed E-state index contributed by atoms with van der Waals surface area (Å²) >= 11 is 1.60. The predicted molar refractivity (Wildman–Crippen MR) is 82.0 cm³/mol. The standard InChI is InChI=1S/C16H19NO3S/c1-16(2,3)14-8-21-15(17-14)7-11(18)10-4-5-12-13(6-10)20-9-19-12/h4-6,8,11,18H,7,9H2,1-3H3. The van der Waals surface area contributed by atoms with Gasteiger partial charge in [-0.1, -0.05) is 26.8 Å². The number of thiazole rings is 1. The predicted octanol–water partition coefficient (Wildman–Crippen LogP) is 3.45. The Morgan fingerprint density at radius 1 is 1.29 bits per heavy atom. The second kappa shape index (κ2) is 5.31. The maximum absolute atomic E-state index is 10.4. The number of hydrogen-bond donors (Lipinski definition) is 1. The van der Waals surface area contributed by atoms with E-state index in [0.29, 0.717) is 12.2 Å². The lowest BCUT2D eigenvalue weighted by atomic mass is 9.93. The van der Waals surface area contributed by atoms with Crippen molar-refractivity contribution in [3.63, 3.8) is 0 Å². The van der Waals surface area contributed by atoms with Gasteiger partial charge in [0.15, 0.2) is 11.5 Å². The number of aromatic nitrogens is 1. The van der Waals surface area contributed by atoms with Crippen LogP contribution in [0.1, 0.15) is 43.1 Å². The molecule has 1 atom stereocenters. The van der Waals surface area contributed by atoms with Crippen molar-refractivity contribution in [2.24, 2.45) is 0 Å². The van der Waals surface area contributed by atoms with E-state index in [1.54, 1.807) is 11.3 Å². The maximum Gasteiger partial charge on any atom is 0.231 e. The van der Waals surface area contributed by atoms with Crippen LogP contribution in [0.15, 0.2) is 23.6 Å². The van der Waals surface area contributed by atoms with E-state index in [2.05, 4.69) is 31.1 Å². The lowest BCUT2D eigenvalue weighted by molar-refractivity contribution is 0.171. The SMILES string of the molecule is CC(C)(C)c1csc(CC(O)c2ccc3c(c2)OCO3)n1. The van der Waals surface area contributed by atoms with E-state index in [-0.39, 0.29) is 12.2 Å². The Balaban J connectivity index is 1.74. The van der Waals surface area contributed by atoms with Gasteiger partial charge >= 0.3 is 0 Å². The summed E-state index contributed by atoms with van der Waals surface area (Å²) in [5.74, 6) is 1.43. The minimum absolute atomic E-state index is 0.0401. The molecule has 0 saturated carbocycles. The molecule has 0 fully saturated rings. The van der Waals surface area contributed by atoms with Gasteiger partial charge in [-0.15, -0.1) is 11.3 Å². The highest BCUT2D eigenvalue weighted by Crippen LogP contribution is 2.35. The van der Waals surface area contributed by atoms with Crippen molar-refractivity contribution in [1.29, 1.82) is 0 Å². The van der Waals surface area contributed by atoms with Crippen LogP contribution in [0.4, 0.5) is 0 Å². The smallest absolute Gasteiger partial charge is 0.231 e. The second-order valence-corrected chi connectivity index (χ2v) is 7.15. The molecule has 1 aliphatic heterocycles. The van der Waals surface area contributed by atoms with Crippen molar-refractivity contribution >= 4 is 11.3 Å². The Labute approximate surface area is 128 Å². The molecule has 0 radical (unpaired) electrons. The highest BCUT2D eigenvalue weighted by Gasteiger charge is 2.20. The Hall–Kier alpha value is -1.59. The zero-order valence-corrected chi connectivity index (χ0v) is 13.2. The quantitative estimate of drug-likeness (QED) is 0.943. The average Bonchev–Trinajstić information content (AvgIpc) is 3.04. The van der Waals surface area contributed by atoms with Crippen LogP contribution in [0.3, 0.4) is 0 Å². The van der Waals surface area contributed by atoms with Gasteiger partial charge in [0.25, 0.3) is 0 Å². The molecule has 1 aliphatic rings. The monoisotopic (exact) mass is 305 g/mol. The number of aliphatic hydroxyl groups is 1. The molecule has 1 N–H and O–H groups in total. The Kier molecular flexibility index (Phi) is 3.63. The van der Waals surface area contributed by atoms with Crippen molar-refractivity contribution in [3.8, 4) is 11.5 Å². The first-order chi connectivity index (χ1) is 9.93. The fraction of sp³-hybridized carbons (Fsp3) is 0.438. The molecule has 0 bridgehead atoms. The first-order valence-corrected chi connectivity index (χ1v) is 7.84. The molecule has 21 heavy (non-hydrogen) atoms. The number of rotatable bonds is 3. The molecule has 0 aliphatic carbocycles. The van der Waals surface area contributed by atoms with Crippen LogP contribution in [0.25, 0.3) is 0 Å². The second-order valence-electron chi connectivity index (χ2n) is 6.21. The fourth-order valence-electron chi connectivity index (χ4n) is 2.15. The summed E-state index contributed by atoms with van der Waals surface area (Å²) < 4.78 is 10.6. The molecule has 2 heterocycles. The highest BCUT2D eigenvalue weighted by molar-refractivity contribution is 7.09. The maximum atomic E-state index is 10.4. The summed E-state index contributed by atoms with van der Waals surface area (Å²) in [5, 5.41) is 13.4. The van der Waals surface area contributed by atoms with Gasteiger partial charge in [-0.3, -0.25) is 0 Å². The van der Waals surface area contributed by atoms with E-state index >= 15 is 0 Å². The van der Waals surface area contributed by atoms with Crippen LogP contribution in [-0.2, 0) is 11.8 Å². The van der Waals surface area contributed by atoms with E-state index in [9.17, 15) is 5.11 Å². The zero-order valence-electron chi connectivity index (χ0n) is 12.4. The van der Waals surface area contributed by atoms with Crippen LogP contribution in [0.2, 0.25) is 0 Å². The molecular weight excluding hydrogens is 286 g/mol. The molecule has 4 nitrogen and oxygen atoms in total. The zero-order chi connectivity index (χ0) is 15.0. The normalized spacial score (nSPS) is 15.2. The van der Waals surface area contributed by atoms with E-state index in [0.717, 1.165) is 22.0 Å². The number of hydrogen-bond acceptors (Lipinski definition) is 5. The highest BCUT2D eigenvalue weighted by atomic mass is 32.1. The van der Waals surface area contributed by atoms with Crippen LogP contribution in [-0.4, -0.2) is 16.9 Å². The topological polar surface area (TPSA) is 51.6 Å². The van der Waals surface area contributed by atoms with Gasteiger partial charge in [0.05, 0.1) is 16.8 Å². The molecule has 3 rings (SSSR count). The van der Waals surface area contributed by atoms with Crippen LogP contribution in [0.5, 0.6) is 11.5 Å². The molecule has 0 spiro atoms. The summed E-state index contributed by atoms with van der Waals surface area (Å²) in [5.41, 5.74) is 1.94. The number of ether oxygens (including phenoxy) is 2.